The summed E-state index contributed by atoms with van der Waals surface area (Å²) in [4.78, 5) is 22.0. The summed E-state index contributed by atoms with van der Waals surface area (Å²) in [5.74, 6) is -1.13. The summed E-state index contributed by atoms with van der Waals surface area (Å²) in [6.45, 7) is 2.12. The first kappa shape index (κ1) is 13.1. The number of benzene rings is 1. The number of carboxylic acid groups (broad SMARTS) is 1. The lowest BCUT2D eigenvalue weighted by Crippen LogP contribution is -2.27. The molecule has 2 N–H and O–H groups in total. The van der Waals surface area contributed by atoms with E-state index in [1.54, 1.807) is 6.26 Å². The molecule has 0 saturated carbocycles. The quantitative estimate of drug-likeness (QED) is 0.861. The van der Waals surface area contributed by atoms with Gasteiger partial charge in [0.2, 0.25) is 5.91 Å². The van der Waals surface area contributed by atoms with Crippen molar-refractivity contribution in [2.24, 2.45) is 0 Å². The van der Waals surface area contributed by atoms with Gasteiger partial charge in [-0.3, -0.25) is 9.59 Å². The van der Waals surface area contributed by atoms with Gasteiger partial charge < -0.3 is 14.8 Å². The summed E-state index contributed by atoms with van der Waals surface area (Å²) in [5.41, 5.74) is 2.66. The van der Waals surface area contributed by atoms with Crippen LogP contribution in [-0.2, 0) is 16.0 Å². The van der Waals surface area contributed by atoms with Crippen LogP contribution in [0.4, 0.5) is 0 Å². The first-order chi connectivity index (χ1) is 9.06. The van der Waals surface area contributed by atoms with Gasteiger partial charge in [-0.2, -0.15) is 0 Å². The van der Waals surface area contributed by atoms with E-state index >= 15 is 0 Å². The van der Waals surface area contributed by atoms with Gasteiger partial charge in [0.25, 0.3) is 0 Å². The molecule has 0 atom stereocenters. The van der Waals surface area contributed by atoms with E-state index in [-0.39, 0.29) is 25.3 Å². The molecule has 0 spiro atoms. The van der Waals surface area contributed by atoms with Gasteiger partial charge in [-0.05, 0) is 19.1 Å². The highest BCUT2D eigenvalue weighted by atomic mass is 16.4. The number of hydrogen-bond acceptors (Lipinski definition) is 3. The Bertz CT molecular complexity index is 615. The summed E-state index contributed by atoms with van der Waals surface area (Å²) in [5, 5.41) is 12.0. The van der Waals surface area contributed by atoms with Gasteiger partial charge in [0, 0.05) is 17.5 Å². The molecule has 19 heavy (non-hydrogen) atoms. The van der Waals surface area contributed by atoms with Crippen molar-refractivity contribution in [2.75, 3.05) is 6.54 Å². The first-order valence-electron chi connectivity index (χ1n) is 6.01. The van der Waals surface area contributed by atoms with E-state index in [1.165, 1.54) is 0 Å². The Morgan fingerprint density at radius 2 is 2.16 bits per heavy atom. The van der Waals surface area contributed by atoms with Crippen LogP contribution in [0.15, 0.2) is 28.9 Å². The highest BCUT2D eigenvalue weighted by Crippen LogP contribution is 2.22. The number of furan rings is 1. The van der Waals surface area contributed by atoms with Gasteiger partial charge in [0.05, 0.1) is 19.1 Å². The average molecular weight is 261 g/mol. The second-order valence-corrected chi connectivity index (χ2v) is 4.43. The fraction of sp³-hybridized carbons (Fsp3) is 0.286. The number of aliphatic carboxylic acids is 1. The lowest BCUT2D eigenvalue weighted by molar-refractivity contribution is -0.136. The van der Waals surface area contributed by atoms with Crippen molar-refractivity contribution >= 4 is 22.8 Å². The van der Waals surface area contributed by atoms with Crippen molar-refractivity contribution in [3.63, 3.8) is 0 Å². The Labute approximate surface area is 110 Å². The molecule has 0 saturated heterocycles. The Morgan fingerprint density at radius 3 is 2.89 bits per heavy atom. The lowest BCUT2D eigenvalue weighted by atomic mass is 10.1. The van der Waals surface area contributed by atoms with Gasteiger partial charge in [-0.25, -0.2) is 0 Å². The zero-order chi connectivity index (χ0) is 13.8. The molecule has 1 heterocycles. The molecular weight excluding hydrogens is 246 g/mol. The molecule has 0 radical (unpaired) electrons. The molecule has 0 aliphatic rings. The van der Waals surface area contributed by atoms with Crippen molar-refractivity contribution in [3.8, 4) is 0 Å². The standard InChI is InChI=1S/C14H15NO4/c1-9-2-3-12-11(6-9)10(8-19-12)7-13(16)15-5-4-14(17)18/h2-3,6,8H,4-5,7H2,1H3,(H,15,16)(H,17,18). The largest absolute Gasteiger partial charge is 0.481 e. The molecule has 5 heteroatoms. The summed E-state index contributed by atoms with van der Waals surface area (Å²) in [7, 11) is 0. The van der Waals surface area contributed by atoms with Gasteiger partial charge >= 0.3 is 5.97 Å². The summed E-state index contributed by atoms with van der Waals surface area (Å²) >= 11 is 0. The molecule has 0 bridgehead atoms. The second-order valence-electron chi connectivity index (χ2n) is 4.43. The summed E-state index contributed by atoms with van der Waals surface area (Å²) in [6, 6.07) is 5.79. The molecule has 1 amide bonds. The molecule has 2 aromatic rings. The zero-order valence-electron chi connectivity index (χ0n) is 10.6. The van der Waals surface area contributed by atoms with Crippen LogP contribution >= 0.6 is 0 Å². The molecule has 0 aliphatic heterocycles. The highest BCUT2D eigenvalue weighted by Gasteiger charge is 2.10. The SMILES string of the molecule is Cc1ccc2occ(CC(=O)NCCC(=O)O)c2c1. The maximum absolute atomic E-state index is 11.7. The van der Waals surface area contributed by atoms with Crippen molar-refractivity contribution in [1.29, 1.82) is 0 Å². The highest BCUT2D eigenvalue weighted by molar-refractivity contribution is 5.88. The van der Waals surface area contributed by atoms with E-state index in [1.807, 2.05) is 25.1 Å². The van der Waals surface area contributed by atoms with Crippen LogP contribution in [0, 0.1) is 6.92 Å². The van der Waals surface area contributed by atoms with Crippen LogP contribution < -0.4 is 5.32 Å². The van der Waals surface area contributed by atoms with Gasteiger partial charge in [0.15, 0.2) is 0 Å². The smallest absolute Gasteiger partial charge is 0.305 e. The molecule has 0 aliphatic carbocycles. The minimum absolute atomic E-state index is 0.0724. The summed E-state index contributed by atoms with van der Waals surface area (Å²) < 4.78 is 5.37. The maximum atomic E-state index is 11.7. The number of hydrogen-bond donors (Lipinski definition) is 2. The zero-order valence-corrected chi connectivity index (χ0v) is 10.6. The molecule has 0 fully saturated rings. The monoisotopic (exact) mass is 261 g/mol. The number of fused-ring (bicyclic) bond motifs is 1. The van der Waals surface area contributed by atoms with Crippen molar-refractivity contribution in [1.82, 2.24) is 5.32 Å². The Morgan fingerprint density at radius 1 is 1.37 bits per heavy atom. The predicted molar refractivity (Wildman–Crippen MR) is 69.9 cm³/mol. The van der Waals surface area contributed by atoms with E-state index in [9.17, 15) is 9.59 Å². The van der Waals surface area contributed by atoms with E-state index in [0.717, 1.165) is 22.1 Å². The molecule has 2 rings (SSSR count). The number of aryl methyl sites for hydroxylation is 1. The number of carbonyl (C=O) groups excluding carboxylic acids is 1. The topological polar surface area (TPSA) is 79.5 Å². The van der Waals surface area contributed by atoms with Crippen LogP contribution in [-0.4, -0.2) is 23.5 Å². The lowest BCUT2D eigenvalue weighted by Gasteiger charge is -2.02. The van der Waals surface area contributed by atoms with Gasteiger partial charge in [0.1, 0.15) is 5.58 Å². The number of carbonyl (C=O) groups is 2. The molecule has 5 nitrogen and oxygen atoms in total. The second kappa shape index (κ2) is 5.56. The van der Waals surface area contributed by atoms with E-state index < -0.39 is 5.97 Å². The molecule has 0 unspecified atom stereocenters. The van der Waals surface area contributed by atoms with Crippen LogP contribution in [0.25, 0.3) is 11.0 Å². The van der Waals surface area contributed by atoms with E-state index in [4.69, 9.17) is 9.52 Å². The van der Waals surface area contributed by atoms with Crippen LogP contribution in [0.1, 0.15) is 17.5 Å². The van der Waals surface area contributed by atoms with Gasteiger partial charge in [-0.1, -0.05) is 11.6 Å². The number of rotatable bonds is 5. The Balaban J connectivity index is 2.02. The molecule has 100 valence electrons. The molecule has 1 aromatic carbocycles. The van der Waals surface area contributed by atoms with Crippen molar-refractivity contribution in [3.05, 3.63) is 35.6 Å². The molecular formula is C14H15NO4. The van der Waals surface area contributed by atoms with Crippen molar-refractivity contribution in [2.45, 2.75) is 19.8 Å². The van der Waals surface area contributed by atoms with Crippen LogP contribution in [0.5, 0.6) is 0 Å². The maximum Gasteiger partial charge on any atom is 0.305 e. The fourth-order valence-corrected chi connectivity index (χ4v) is 1.88. The van der Waals surface area contributed by atoms with Gasteiger partial charge in [-0.15, -0.1) is 0 Å². The summed E-state index contributed by atoms with van der Waals surface area (Å²) in [6.07, 6.45) is 1.69. The predicted octanol–water partition coefficient (Wildman–Crippen LogP) is 1.87. The Hall–Kier alpha value is -2.30. The first-order valence-corrected chi connectivity index (χ1v) is 6.01. The van der Waals surface area contributed by atoms with Crippen LogP contribution in [0.3, 0.4) is 0 Å². The minimum Gasteiger partial charge on any atom is -0.481 e. The fourth-order valence-electron chi connectivity index (χ4n) is 1.88. The third-order valence-corrected chi connectivity index (χ3v) is 2.82. The third-order valence-electron chi connectivity index (χ3n) is 2.82. The molecule has 1 aromatic heterocycles. The average Bonchev–Trinajstić information content (AvgIpc) is 2.71. The number of nitrogens with one attached hydrogen (secondary N) is 1. The van der Waals surface area contributed by atoms with E-state index in [0.29, 0.717) is 0 Å². The van der Waals surface area contributed by atoms with E-state index in [2.05, 4.69) is 5.32 Å². The number of carboxylic acids is 1. The third kappa shape index (κ3) is 3.34. The number of amides is 1. The minimum atomic E-state index is -0.926. The van der Waals surface area contributed by atoms with Crippen LogP contribution in [0.2, 0.25) is 0 Å². The van der Waals surface area contributed by atoms with Crippen molar-refractivity contribution < 1.29 is 19.1 Å². The normalized spacial score (nSPS) is 10.6. The Kier molecular flexibility index (Phi) is 3.85.